The monoisotopic (exact) mass is 424 g/mol. The molecule has 24 heavy (non-hydrogen) atoms. The summed E-state index contributed by atoms with van der Waals surface area (Å²) >= 11 is 0. The summed E-state index contributed by atoms with van der Waals surface area (Å²) in [4.78, 5) is 27.2. The van der Waals surface area contributed by atoms with E-state index >= 15 is 0 Å². The van der Waals surface area contributed by atoms with Crippen molar-refractivity contribution in [2.75, 3.05) is 0 Å². The Hall–Kier alpha value is -2.44. The Morgan fingerprint density at radius 1 is 0.792 bits per heavy atom. The van der Waals surface area contributed by atoms with Crippen LogP contribution >= 0.6 is 0 Å². The molecule has 3 rings (SSSR count). The van der Waals surface area contributed by atoms with Gasteiger partial charge in [-0.1, -0.05) is 24.3 Å². The van der Waals surface area contributed by atoms with E-state index < -0.39 is 18.4 Å². The number of hydrogen-bond acceptors (Lipinski definition) is 6. The summed E-state index contributed by atoms with van der Waals surface area (Å²) in [7, 11) is 0. The zero-order valence-electron chi connectivity index (χ0n) is 12.2. The third-order valence-corrected chi connectivity index (χ3v) is 2.63. The number of benzene rings is 1. The molecule has 4 N–H and O–H groups in total. The SMILES string of the molecule is O.O.O=C([O-])CC(=O)[O-].[Pd+2].c1cnc2c(c1)ccc1cccnc12. The Balaban J connectivity index is 0. The third-order valence-electron chi connectivity index (χ3n) is 2.63. The van der Waals surface area contributed by atoms with Gasteiger partial charge in [0.1, 0.15) is 0 Å². The van der Waals surface area contributed by atoms with Gasteiger partial charge in [-0.05, 0) is 12.1 Å². The molecule has 0 saturated heterocycles. The van der Waals surface area contributed by atoms with E-state index in [1.54, 1.807) is 12.4 Å². The molecule has 8 nitrogen and oxygen atoms in total. The van der Waals surface area contributed by atoms with Crippen molar-refractivity contribution in [1.29, 1.82) is 0 Å². The topological polar surface area (TPSA) is 169 Å². The molecular weight excluding hydrogens is 411 g/mol. The Morgan fingerprint density at radius 3 is 1.46 bits per heavy atom. The first-order chi connectivity index (χ1) is 10.1. The average molecular weight is 425 g/mol. The Bertz CT molecular complexity index is 745. The van der Waals surface area contributed by atoms with Crippen LogP contribution in [0.5, 0.6) is 0 Å². The van der Waals surface area contributed by atoms with Crippen molar-refractivity contribution in [3.05, 3.63) is 48.8 Å². The summed E-state index contributed by atoms with van der Waals surface area (Å²) in [5.41, 5.74) is 1.95. The molecule has 0 unspecified atom stereocenters. The van der Waals surface area contributed by atoms with Gasteiger partial charge in [0.2, 0.25) is 0 Å². The number of nitrogens with zero attached hydrogens (tertiary/aromatic N) is 2. The minimum absolute atomic E-state index is 0. The molecule has 0 saturated carbocycles. The number of hydrogen-bond donors (Lipinski definition) is 0. The fraction of sp³-hybridized carbons (Fsp3) is 0.0667. The summed E-state index contributed by atoms with van der Waals surface area (Å²) in [5, 5.41) is 20.8. The van der Waals surface area contributed by atoms with Crippen LogP contribution in [0.2, 0.25) is 0 Å². The molecule has 130 valence electrons. The zero-order valence-corrected chi connectivity index (χ0v) is 13.7. The van der Waals surface area contributed by atoms with Crippen LogP contribution in [0, 0.1) is 0 Å². The number of aromatic nitrogens is 2. The second-order valence-corrected chi connectivity index (χ2v) is 4.14. The van der Waals surface area contributed by atoms with E-state index in [2.05, 4.69) is 34.2 Å². The molecule has 0 aliphatic rings. The summed E-state index contributed by atoms with van der Waals surface area (Å²) < 4.78 is 0. The van der Waals surface area contributed by atoms with Crippen molar-refractivity contribution >= 4 is 33.7 Å². The van der Waals surface area contributed by atoms with Crippen molar-refractivity contribution in [3.8, 4) is 0 Å². The van der Waals surface area contributed by atoms with E-state index in [9.17, 15) is 19.8 Å². The van der Waals surface area contributed by atoms with Crippen LogP contribution in [0.1, 0.15) is 6.42 Å². The van der Waals surface area contributed by atoms with Crippen LogP contribution in [0.4, 0.5) is 0 Å². The molecule has 0 atom stereocenters. The van der Waals surface area contributed by atoms with Gasteiger partial charge < -0.3 is 30.8 Å². The molecule has 3 aromatic rings. The average Bonchev–Trinajstić information content (AvgIpc) is 2.46. The van der Waals surface area contributed by atoms with Crippen molar-refractivity contribution in [3.63, 3.8) is 0 Å². The maximum atomic E-state index is 9.28. The summed E-state index contributed by atoms with van der Waals surface area (Å²) in [6.07, 6.45) is 2.58. The van der Waals surface area contributed by atoms with Crippen LogP contribution in [-0.2, 0) is 30.0 Å². The maximum Gasteiger partial charge on any atom is 2.00 e. The second kappa shape index (κ2) is 11.2. The van der Waals surface area contributed by atoms with E-state index in [0.717, 1.165) is 21.8 Å². The number of fused-ring (bicyclic) bond motifs is 3. The molecule has 0 aliphatic heterocycles. The molecule has 0 spiro atoms. The van der Waals surface area contributed by atoms with Crippen molar-refractivity contribution in [2.45, 2.75) is 6.42 Å². The smallest absolute Gasteiger partial charge is 0.550 e. The summed E-state index contributed by atoms with van der Waals surface area (Å²) in [6, 6.07) is 12.1. The van der Waals surface area contributed by atoms with E-state index in [1.807, 2.05) is 12.1 Å². The summed E-state index contributed by atoms with van der Waals surface area (Å²) in [5.74, 6) is -3.25. The first-order valence-electron chi connectivity index (χ1n) is 6.06. The van der Waals surface area contributed by atoms with Gasteiger partial charge in [-0.2, -0.15) is 0 Å². The van der Waals surface area contributed by atoms with Gasteiger partial charge in [0.05, 0.1) is 11.0 Å². The third kappa shape index (κ3) is 6.36. The minimum atomic E-state index is -1.63. The largest absolute Gasteiger partial charge is 2.00 e. The standard InChI is InChI=1S/C12H8N2.C3H4O4.2H2O.Pd/c1-3-9-5-6-10-4-2-8-14-12(10)11(9)13-7-1;4-2(5)1-3(6)7;;;/h1-8H;1H2,(H,4,5)(H,6,7);2*1H2;/q;;;;+2/p-2. The Kier molecular flexibility index (Phi) is 11.1. The van der Waals surface area contributed by atoms with Gasteiger partial charge >= 0.3 is 20.4 Å². The predicted octanol–water partition coefficient (Wildman–Crippen LogP) is -1.99. The first kappa shape index (κ1) is 23.8. The minimum Gasteiger partial charge on any atom is -0.550 e. The molecule has 0 fully saturated rings. The van der Waals surface area contributed by atoms with Gasteiger partial charge in [0.15, 0.2) is 0 Å². The van der Waals surface area contributed by atoms with E-state index in [1.165, 1.54) is 0 Å². The number of carbonyl (C=O) groups excluding carboxylic acids is 2. The number of aliphatic carboxylic acids is 2. The van der Waals surface area contributed by atoms with Gasteiger partial charge in [-0.25, -0.2) is 0 Å². The van der Waals surface area contributed by atoms with Crippen LogP contribution in [-0.4, -0.2) is 32.9 Å². The van der Waals surface area contributed by atoms with E-state index in [4.69, 9.17) is 0 Å². The van der Waals surface area contributed by atoms with Crippen LogP contribution < -0.4 is 10.2 Å². The zero-order chi connectivity index (χ0) is 15.2. The number of carboxylic acids is 2. The molecule has 0 bridgehead atoms. The quantitative estimate of drug-likeness (QED) is 0.262. The van der Waals surface area contributed by atoms with Crippen LogP contribution in [0.25, 0.3) is 21.8 Å². The van der Waals surface area contributed by atoms with E-state index in [-0.39, 0.29) is 31.4 Å². The number of pyridine rings is 2. The predicted molar refractivity (Wildman–Crippen MR) is 78.9 cm³/mol. The van der Waals surface area contributed by atoms with Gasteiger partial charge in [-0.15, -0.1) is 0 Å². The Morgan fingerprint density at radius 2 is 1.17 bits per heavy atom. The van der Waals surface area contributed by atoms with Crippen molar-refractivity contribution < 1.29 is 51.2 Å². The molecule has 1 aromatic carbocycles. The maximum absolute atomic E-state index is 9.28. The molecule has 0 amide bonds. The van der Waals surface area contributed by atoms with Gasteiger partial charge in [0.25, 0.3) is 0 Å². The number of carboxylic acid groups (broad SMARTS) is 2. The normalized spacial score (nSPS) is 8.67. The van der Waals surface area contributed by atoms with Gasteiger partial charge in [-0.3, -0.25) is 9.97 Å². The van der Waals surface area contributed by atoms with Gasteiger partial charge in [0, 0.05) is 41.5 Å². The molecule has 2 heterocycles. The van der Waals surface area contributed by atoms with Crippen molar-refractivity contribution in [2.24, 2.45) is 0 Å². The van der Waals surface area contributed by atoms with E-state index in [0.29, 0.717) is 0 Å². The first-order valence-corrected chi connectivity index (χ1v) is 6.06. The van der Waals surface area contributed by atoms with Crippen LogP contribution in [0.15, 0.2) is 48.8 Å². The second-order valence-electron chi connectivity index (χ2n) is 4.14. The fourth-order valence-corrected chi connectivity index (χ4v) is 1.80. The Labute approximate surface area is 150 Å². The summed E-state index contributed by atoms with van der Waals surface area (Å²) in [6.45, 7) is 0. The number of carbonyl (C=O) groups is 2. The molecule has 0 aliphatic carbocycles. The fourth-order valence-electron chi connectivity index (χ4n) is 1.80. The molecular formula is C15H14N2O6Pd. The molecule has 2 aromatic heterocycles. The molecule has 0 radical (unpaired) electrons. The van der Waals surface area contributed by atoms with Crippen molar-refractivity contribution in [1.82, 2.24) is 9.97 Å². The number of rotatable bonds is 2. The van der Waals surface area contributed by atoms with Crippen LogP contribution in [0.3, 0.4) is 0 Å². The molecule has 9 heteroatoms.